The van der Waals surface area contributed by atoms with Crippen LogP contribution >= 0.6 is 17.0 Å². The Labute approximate surface area is 117 Å². The van der Waals surface area contributed by atoms with Crippen molar-refractivity contribution in [2.24, 2.45) is 0 Å². The van der Waals surface area contributed by atoms with Crippen LogP contribution in [0.1, 0.15) is 36.1 Å². The van der Waals surface area contributed by atoms with Crippen LogP contribution in [0.2, 0.25) is 0 Å². The minimum absolute atomic E-state index is 0.826. The number of hydrogen-bond donors (Lipinski definition) is 0. The van der Waals surface area contributed by atoms with Crippen LogP contribution in [-0.2, 0) is 27.3 Å². The zero-order chi connectivity index (χ0) is 12.1. The summed E-state index contributed by atoms with van der Waals surface area (Å²) >= 11 is -0.826. The van der Waals surface area contributed by atoms with Crippen LogP contribution in [0.25, 0.3) is 6.08 Å². The van der Waals surface area contributed by atoms with Crippen molar-refractivity contribution in [1.82, 2.24) is 0 Å². The van der Waals surface area contributed by atoms with Gasteiger partial charge in [0.1, 0.15) is 0 Å². The van der Waals surface area contributed by atoms with Gasteiger partial charge in [0.25, 0.3) is 0 Å². The van der Waals surface area contributed by atoms with Crippen LogP contribution in [0.3, 0.4) is 0 Å². The molecule has 85 valence electrons. The van der Waals surface area contributed by atoms with Gasteiger partial charge in [-0.15, -0.1) is 0 Å². The average Bonchev–Trinajstić information content (AvgIpc) is 2.62. The Balaban J connectivity index is 0.000000386. The van der Waals surface area contributed by atoms with E-state index in [1.807, 2.05) is 0 Å². The number of rotatable bonds is 1. The summed E-state index contributed by atoms with van der Waals surface area (Å²) in [5.41, 5.74) is 7.10. The monoisotopic (exact) mass is 331 g/mol. The molecule has 1 aromatic carbocycles. The second-order valence-electron chi connectivity index (χ2n) is 3.83. The molecule has 16 heavy (non-hydrogen) atoms. The van der Waals surface area contributed by atoms with Crippen LogP contribution in [0.15, 0.2) is 17.7 Å². The standard InChI is InChI=1S/C13H15.2ClH.Zr/c1-4-11-6-5-10(3)12-7-9(2)8-13(11)12;;;/h5-8H,4H2,1-3H3;2*1H;/q;;;+2/p-2. The SMILES string of the molecule is CCc1ccc(C)c2c1C=C(C)[CH]2.[Cl][Zr][Cl]. The third kappa shape index (κ3) is 3.46. The van der Waals surface area contributed by atoms with Crippen molar-refractivity contribution in [3.05, 3.63) is 46.4 Å². The van der Waals surface area contributed by atoms with Gasteiger partial charge in [-0.1, -0.05) is 30.7 Å². The number of hydrogen-bond acceptors (Lipinski definition) is 0. The number of halogens is 2. The summed E-state index contributed by atoms with van der Waals surface area (Å²) in [4.78, 5) is 0. The van der Waals surface area contributed by atoms with E-state index in [-0.39, 0.29) is 0 Å². The molecule has 0 fully saturated rings. The molecular weight excluding hydrogens is 318 g/mol. The molecule has 0 atom stereocenters. The Hall–Kier alpha value is 0.423. The maximum absolute atomic E-state index is 4.93. The first-order chi connectivity index (χ1) is 7.63. The molecule has 0 aliphatic heterocycles. The van der Waals surface area contributed by atoms with Gasteiger partial charge < -0.3 is 0 Å². The van der Waals surface area contributed by atoms with Crippen molar-refractivity contribution in [3.63, 3.8) is 0 Å². The van der Waals surface area contributed by atoms with E-state index in [2.05, 4.69) is 45.4 Å². The molecule has 0 nitrogen and oxygen atoms in total. The predicted molar refractivity (Wildman–Crippen MR) is 69.3 cm³/mol. The summed E-state index contributed by atoms with van der Waals surface area (Å²) in [6.45, 7) is 6.56. The molecular formula is C13H15Cl2Zr. The second kappa shape index (κ2) is 6.99. The molecule has 0 spiro atoms. The van der Waals surface area contributed by atoms with E-state index in [0.29, 0.717) is 0 Å². The molecule has 0 heterocycles. The van der Waals surface area contributed by atoms with Gasteiger partial charge in [0.15, 0.2) is 0 Å². The first-order valence-corrected chi connectivity index (χ1v) is 11.6. The molecule has 1 aliphatic carbocycles. The van der Waals surface area contributed by atoms with Crippen LogP contribution in [-0.4, -0.2) is 0 Å². The Kier molecular flexibility index (Phi) is 6.33. The van der Waals surface area contributed by atoms with Gasteiger partial charge in [-0.3, -0.25) is 0 Å². The van der Waals surface area contributed by atoms with Crippen molar-refractivity contribution >= 4 is 23.1 Å². The molecule has 0 N–H and O–H groups in total. The van der Waals surface area contributed by atoms with E-state index < -0.39 is 20.8 Å². The third-order valence-electron chi connectivity index (χ3n) is 2.72. The van der Waals surface area contributed by atoms with Crippen LogP contribution in [0.4, 0.5) is 0 Å². The number of aryl methyl sites for hydroxylation is 2. The molecule has 0 saturated heterocycles. The zero-order valence-corrected chi connectivity index (χ0v) is 13.7. The number of benzene rings is 1. The molecule has 1 aromatic rings. The minimum atomic E-state index is -0.826. The van der Waals surface area contributed by atoms with E-state index in [1.165, 1.54) is 27.8 Å². The van der Waals surface area contributed by atoms with Gasteiger partial charge in [0, 0.05) is 6.42 Å². The molecule has 1 radical (unpaired) electrons. The van der Waals surface area contributed by atoms with Crippen molar-refractivity contribution in [3.8, 4) is 0 Å². The molecule has 0 saturated carbocycles. The van der Waals surface area contributed by atoms with E-state index in [9.17, 15) is 0 Å². The summed E-state index contributed by atoms with van der Waals surface area (Å²) in [5.74, 6) is 0. The van der Waals surface area contributed by atoms with Crippen molar-refractivity contribution < 1.29 is 20.8 Å². The van der Waals surface area contributed by atoms with Gasteiger partial charge in [-0.2, -0.15) is 0 Å². The van der Waals surface area contributed by atoms with Gasteiger partial charge in [0.2, 0.25) is 0 Å². The van der Waals surface area contributed by atoms with Crippen molar-refractivity contribution in [2.75, 3.05) is 0 Å². The zero-order valence-electron chi connectivity index (χ0n) is 9.77. The molecule has 0 unspecified atom stereocenters. The molecule has 0 amide bonds. The first-order valence-electron chi connectivity index (χ1n) is 5.25. The summed E-state index contributed by atoms with van der Waals surface area (Å²) in [6.07, 6.45) is 5.70. The maximum atomic E-state index is 4.93. The molecule has 0 bridgehead atoms. The number of allylic oxidation sites excluding steroid dienone is 1. The van der Waals surface area contributed by atoms with Crippen molar-refractivity contribution in [1.29, 1.82) is 0 Å². The summed E-state index contributed by atoms with van der Waals surface area (Å²) in [5, 5.41) is 0. The van der Waals surface area contributed by atoms with Gasteiger partial charge in [0.05, 0.1) is 0 Å². The van der Waals surface area contributed by atoms with Crippen molar-refractivity contribution in [2.45, 2.75) is 27.2 Å². The van der Waals surface area contributed by atoms with Crippen LogP contribution in [0, 0.1) is 13.3 Å². The first kappa shape index (κ1) is 14.5. The van der Waals surface area contributed by atoms with Gasteiger partial charge >= 0.3 is 37.9 Å². The fourth-order valence-corrected chi connectivity index (χ4v) is 1.96. The normalized spacial score (nSPS) is 12.4. The van der Waals surface area contributed by atoms with Crippen LogP contribution < -0.4 is 0 Å². The van der Waals surface area contributed by atoms with Crippen LogP contribution in [0.5, 0.6) is 0 Å². The Morgan fingerprint density at radius 1 is 1.12 bits per heavy atom. The van der Waals surface area contributed by atoms with Gasteiger partial charge in [-0.05, 0) is 42.5 Å². The third-order valence-corrected chi connectivity index (χ3v) is 2.72. The van der Waals surface area contributed by atoms with E-state index >= 15 is 0 Å². The average molecular weight is 333 g/mol. The fourth-order valence-electron chi connectivity index (χ4n) is 1.96. The topological polar surface area (TPSA) is 0 Å². The summed E-state index contributed by atoms with van der Waals surface area (Å²) in [6, 6.07) is 4.47. The molecule has 1 aliphatic rings. The predicted octanol–water partition coefficient (Wildman–Crippen LogP) is 4.90. The quantitative estimate of drug-likeness (QED) is 0.685. The fraction of sp³-hybridized carbons (Fsp3) is 0.308. The Bertz CT molecular complexity index is 397. The molecule has 0 aromatic heterocycles. The number of fused-ring (bicyclic) bond motifs is 1. The second-order valence-corrected chi connectivity index (χ2v) is 7.56. The van der Waals surface area contributed by atoms with E-state index in [0.717, 1.165) is 6.42 Å². The van der Waals surface area contributed by atoms with E-state index in [1.54, 1.807) is 0 Å². The Morgan fingerprint density at radius 2 is 1.75 bits per heavy atom. The molecule has 3 heteroatoms. The summed E-state index contributed by atoms with van der Waals surface area (Å²) in [7, 11) is 9.87. The van der Waals surface area contributed by atoms with E-state index in [4.69, 9.17) is 17.0 Å². The van der Waals surface area contributed by atoms with Gasteiger partial charge in [-0.25, -0.2) is 0 Å². The Morgan fingerprint density at radius 3 is 2.31 bits per heavy atom. The molecule has 2 rings (SSSR count). The summed E-state index contributed by atoms with van der Waals surface area (Å²) < 4.78 is 0.